The van der Waals surface area contributed by atoms with Crippen LogP contribution < -0.4 is 0 Å². The van der Waals surface area contributed by atoms with Crippen LogP contribution in [0.3, 0.4) is 0 Å². The number of nitrogens with zero attached hydrogens (tertiary/aromatic N) is 1. The largest absolute Gasteiger partial charge is 0.264 e. The Morgan fingerprint density at radius 3 is 2.54 bits per heavy atom. The molecule has 1 heterocycles. The highest BCUT2D eigenvalue weighted by Gasteiger charge is 2.15. The highest BCUT2D eigenvalue weighted by atomic mass is 14.6. The predicted octanol–water partition coefficient (Wildman–Crippen LogP) is 3.54. The molecule has 0 radical (unpaired) electrons. The number of aromatic nitrogens is 1. The number of rotatable bonds is 3. The zero-order chi connectivity index (χ0) is 9.84. The summed E-state index contributed by atoms with van der Waals surface area (Å²) in [6.07, 6.45) is 5.08. The summed E-state index contributed by atoms with van der Waals surface area (Å²) in [7, 11) is 0. The van der Waals surface area contributed by atoms with Crippen molar-refractivity contribution >= 4 is 0 Å². The Bertz CT molecular complexity index is 266. The first-order chi connectivity index (χ1) is 6.16. The van der Waals surface area contributed by atoms with Crippen LogP contribution in [0.1, 0.15) is 44.2 Å². The van der Waals surface area contributed by atoms with Crippen LogP contribution in [0.4, 0.5) is 0 Å². The molecule has 0 aromatic carbocycles. The molecule has 0 N–H and O–H groups in total. The van der Waals surface area contributed by atoms with Crippen molar-refractivity contribution in [3.8, 4) is 0 Å². The predicted molar refractivity (Wildman–Crippen MR) is 56.8 cm³/mol. The molecule has 0 aliphatic rings. The van der Waals surface area contributed by atoms with Crippen LogP contribution in [0.25, 0.3) is 0 Å². The van der Waals surface area contributed by atoms with E-state index in [4.69, 9.17) is 0 Å². The second-order valence-corrected chi connectivity index (χ2v) is 3.99. The average molecular weight is 177 g/mol. The first-order valence-corrected chi connectivity index (χ1v) is 5.07. The lowest BCUT2D eigenvalue weighted by Crippen LogP contribution is -2.07. The van der Waals surface area contributed by atoms with E-state index in [1.807, 2.05) is 12.4 Å². The molecule has 1 atom stereocenters. The van der Waals surface area contributed by atoms with E-state index in [9.17, 15) is 0 Å². The lowest BCUT2D eigenvalue weighted by atomic mass is 9.85. The number of hydrogen-bond donors (Lipinski definition) is 0. The Hall–Kier alpha value is -0.850. The van der Waals surface area contributed by atoms with Crippen LogP contribution in [-0.4, -0.2) is 4.98 Å². The molecule has 1 rings (SSSR count). The van der Waals surface area contributed by atoms with E-state index >= 15 is 0 Å². The quantitative estimate of drug-likeness (QED) is 0.688. The molecule has 1 aromatic heterocycles. The van der Waals surface area contributed by atoms with Gasteiger partial charge in [0.05, 0.1) is 0 Å². The Labute approximate surface area is 81.2 Å². The van der Waals surface area contributed by atoms with E-state index in [2.05, 4.69) is 38.7 Å². The van der Waals surface area contributed by atoms with E-state index in [-0.39, 0.29) is 0 Å². The van der Waals surface area contributed by atoms with Gasteiger partial charge in [0.15, 0.2) is 0 Å². The maximum atomic E-state index is 4.20. The summed E-state index contributed by atoms with van der Waals surface area (Å²) in [5.41, 5.74) is 2.79. The minimum Gasteiger partial charge on any atom is -0.264 e. The van der Waals surface area contributed by atoms with E-state index < -0.39 is 0 Å². The first kappa shape index (κ1) is 10.2. The minimum absolute atomic E-state index is 0.661. The number of hydrogen-bond acceptors (Lipinski definition) is 1. The summed E-state index contributed by atoms with van der Waals surface area (Å²) in [5.74, 6) is 1.36. The zero-order valence-electron chi connectivity index (χ0n) is 9.04. The van der Waals surface area contributed by atoms with Crippen molar-refractivity contribution in [3.63, 3.8) is 0 Å². The maximum absolute atomic E-state index is 4.20. The van der Waals surface area contributed by atoms with Crippen LogP contribution in [0.5, 0.6) is 0 Å². The van der Waals surface area contributed by atoms with Crippen molar-refractivity contribution in [2.24, 2.45) is 5.92 Å². The Kier molecular flexibility index (Phi) is 3.47. The number of aryl methyl sites for hydroxylation is 1. The summed E-state index contributed by atoms with van der Waals surface area (Å²) in [5, 5.41) is 0. The van der Waals surface area contributed by atoms with Gasteiger partial charge < -0.3 is 0 Å². The lowest BCUT2D eigenvalue weighted by molar-refractivity contribution is 0.482. The van der Waals surface area contributed by atoms with Gasteiger partial charge in [-0.2, -0.15) is 0 Å². The fraction of sp³-hybridized carbons (Fsp3) is 0.583. The smallest absolute Gasteiger partial charge is 0.0305 e. The van der Waals surface area contributed by atoms with E-state index in [0.717, 1.165) is 0 Å². The molecule has 0 saturated carbocycles. The van der Waals surface area contributed by atoms with E-state index in [1.165, 1.54) is 17.5 Å². The summed E-state index contributed by atoms with van der Waals surface area (Å²) in [6.45, 7) is 8.97. The third kappa shape index (κ3) is 2.30. The zero-order valence-corrected chi connectivity index (χ0v) is 9.04. The molecule has 72 valence electrons. The normalized spacial score (nSPS) is 13.3. The summed E-state index contributed by atoms with van der Waals surface area (Å²) in [4.78, 5) is 4.20. The van der Waals surface area contributed by atoms with Gasteiger partial charge in [0.25, 0.3) is 0 Å². The van der Waals surface area contributed by atoms with Crippen molar-refractivity contribution in [1.82, 2.24) is 4.98 Å². The van der Waals surface area contributed by atoms with Gasteiger partial charge in [-0.1, -0.05) is 20.8 Å². The lowest BCUT2D eigenvalue weighted by Gasteiger charge is -2.20. The molecule has 0 bridgehead atoms. The minimum atomic E-state index is 0.661. The Morgan fingerprint density at radius 1 is 1.38 bits per heavy atom. The van der Waals surface area contributed by atoms with Gasteiger partial charge in [-0.3, -0.25) is 4.98 Å². The molecule has 0 amide bonds. The Morgan fingerprint density at radius 2 is 2.08 bits per heavy atom. The van der Waals surface area contributed by atoms with Crippen molar-refractivity contribution in [2.45, 2.75) is 40.0 Å². The molecule has 1 heteroatoms. The van der Waals surface area contributed by atoms with Gasteiger partial charge in [-0.15, -0.1) is 0 Å². The van der Waals surface area contributed by atoms with Gasteiger partial charge in [0, 0.05) is 12.4 Å². The molecule has 0 spiro atoms. The second kappa shape index (κ2) is 4.40. The SMILES string of the molecule is CCC(c1cnccc1C)C(C)C. The summed E-state index contributed by atoms with van der Waals surface area (Å²) < 4.78 is 0. The van der Waals surface area contributed by atoms with E-state index in [0.29, 0.717) is 11.8 Å². The van der Waals surface area contributed by atoms with Crippen LogP contribution in [0.2, 0.25) is 0 Å². The summed E-state index contributed by atoms with van der Waals surface area (Å²) in [6, 6.07) is 2.10. The standard InChI is InChI=1S/C12H19N/c1-5-11(9(2)3)12-8-13-7-6-10(12)4/h6-9,11H,5H2,1-4H3. The molecule has 1 aromatic rings. The molecule has 0 saturated heterocycles. The van der Waals surface area contributed by atoms with Crippen LogP contribution >= 0.6 is 0 Å². The van der Waals surface area contributed by atoms with Gasteiger partial charge in [-0.25, -0.2) is 0 Å². The van der Waals surface area contributed by atoms with Crippen molar-refractivity contribution in [1.29, 1.82) is 0 Å². The van der Waals surface area contributed by atoms with Crippen LogP contribution in [0, 0.1) is 12.8 Å². The molecule has 0 fully saturated rings. The van der Waals surface area contributed by atoms with Gasteiger partial charge in [0.2, 0.25) is 0 Å². The van der Waals surface area contributed by atoms with Gasteiger partial charge >= 0.3 is 0 Å². The molecule has 0 aliphatic heterocycles. The molecule has 1 unspecified atom stereocenters. The van der Waals surface area contributed by atoms with Crippen molar-refractivity contribution in [2.75, 3.05) is 0 Å². The highest BCUT2D eigenvalue weighted by Crippen LogP contribution is 2.28. The monoisotopic (exact) mass is 177 g/mol. The molecule has 0 aliphatic carbocycles. The fourth-order valence-corrected chi connectivity index (χ4v) is 1.91. The Balaban J connectivity index is 2.97. The molecular formula is C12H19N. The fourth-order valence-electron chi connectivity index (χ4n) is 1.91. The highest BCUT2D eigenvalue weighted by molar-refractivity contribution is 5.25. The van der Waals surface area contributed by atoms with Crippen molar-refractivity contribution < 1.29 is 0 Å². The first-order valence-electron chi connectivity index (χ1n) is 5.07. The molecule has 13 heavy (non-hydrogen) atoms. The van der Waals surface area contributed by atoms with E-state index in [1.54, 1.807) is 0 Å². The van der Waals surface area contributed by atoms with Crippen molar-refractivity contribution in [3.05, 3.63) is 29.6 Å². The molecular weight excluding hydrogens is 158 g/mol. The third-order valence-electron chi connectivity index (χ3n) is 2.72. The summed E-state index contributed by atoms with van der Waals surface area (Å²) >= 11 is 0. The van der Waals surface area contributed by atoms with Gasteiger partial charge in [0.1, 0.15) is 0 Å². The third-order valence-corrected chi connectivity index (χ3v) is 2.72. The molecule has 1 nitrogen and oxygen atoms in total. The number of pyridine rings is 1. The average Bonchev–Trinajstić information content (AvgIpc) is 2.09. The van der Waals surface area contributed by atoms with Gasteiger partial charge in [-0.05, 0) is 42.4 Å². The van der Waals surface area contributed by atoms with Crippen LogP contribution in [0.15, 0.2) is 18.5 Å². The topological polar surface area (TPSA) is 12.9 Å². The van der Waals surface area contributed by atoms with Crippen LogP contribution in [-0.2, 0) is 0 Å². The second-order valence-electron chi connectivity index (χ2n) is 3.99. The maximum Gasteiger partial charge on any atom is 0.0305 e.